The lowest BCUT2D eigenvalue weighted by Gasteiger charge is -2.47. The van der Waals surface area contributed by atoms with E-state index in [0.717, 1.165) is 12.8 Å². The van der Waals surface area contributed by atoms with Gasteiger partial charge in [0.2, 0.25) is 0 Å². The Morgan fingerprint density at radius 1 is 1.17 bits per heavy atom. The van der Waals surface area contributed by atoms with Crippen LogP contribution in [0, 0.1) is 5.92 Å². The molecule has 0 spiro atoms. The van der Waals surface area contributed by atoms with E-state index in [0.29, 0.717) is 5.92 Å². The first kappa shape index (κ1) is 8.27. The van der Waals surface area contributed by atoms with Crippen molar-refractivity contribution in [1.29, 1.82) is 0 Å². The van der Waals surface area contributed by atoms with Crippen LogP contribution in [-0.4, -0.2) is 11.2 Å². The third-order valence-corrected chi connectivity index (χ3v) is 3.09. The van der Waals surface area contributed by atoms with Gasteiger partial charge in [-0.1, -0.05) is 26.0 Å². The van der Waals surface area contributed by atoms with Crippen LogP contribution in [0.15, 0.2) is 12.2 Å². The van der Waals surface area contributed by atoms with E-state index in [2.05, 4.69) is 32.9 Å². The molecule has 2 bridgehead atoms. The third-order valence-electron chi connectivity index (χ3n) is 3.09. The molecule has 0 aromatic heterocycles. The summed E-state index contributed by atoms with van der Waals surface area (Å²) in [7, 11) is 0. The lowest BCUT2D eigenvalue weighted by Crippen LogP contribution is -2.50. The monoisotopic (exact) mass is 168 g/mol. The Bertz CT molecular complexity index is 210. The molecular weight excluding hydrogens is 152 g/mol. The van der Waals surface area contributed by atoms with Crippen LogP contribution in [0.5, 0.6) is 0 Å². The molecule has 0 amide bonds. The second-order valence-corrected chi connectivity index (χ2v) is 4.42. The smallest absolute Gasteiger partial charge is 0.124 e. The van der Waals surface area contributed by atoms with Gasteiger partial charge in [0.25, 0.3) is 0 Å². The van der Waals surface area contributed by atoms with Crippen molar-refractivity contribution in [2.24, 2.45) is 5.92 Å². The van der Waals surface area contributed by atoms with E-state index in [1.807, 2.05) is 0 Å². The summed E-state index contributed by atoms with van der Waals surface area (Å²) in [5.74, 6) is 0.485. The molecule has 1 aliphatic carbocycles. The van der Waals surface area contributed by atoms with Gasteiger partial charge in [0.15, 0.2) is 0 Å². The van der Waals surface area contributed by atoms with Crippen LogP contribution < -0.4 is 0 Å². The Morgan fingerprint density at radius 3 is 2.25 bits per heavy atom. The summed E-state index contributed by atoms with van der Waals surface area (Å²) >= 11 is 0. The van der Waals surface area contributed by atoms with Gasteiger partial charge in [-0.25, -0.2) is 9.78 Å². The van der Waals surface area contributed by atoms with Gasteiger partial charge < -0.3 is 0 Å². The van der Waals surface area contributed by atoms with Crippen molar-refractivity contribution in [2.75, 3.05) is 0 Å². The molecule has 1 saturated heterocycles. The summed E-state index contributed by atoms with van der Waals surface area (Å²) in [6.07, 6.45) is 6.46. The molecule has 0 saturated carbocycles. The minimum atomic E-state index is -0.156. The first-order valence-corrected chi connectivity index (χ1v) is 4.64. The van der Waals surface area contributed by atoms with Crippen LogP contribution in [0.3, 0.4) is 0 Å². The molecule has 2 nitrogen and oxygen atoms in total. The molecule has 12 heavy (non-hydrogen) atoms. The van der Waals surface area contributed by atoms with Crippen molar-refractivity contribution in [3.63, 3.8) is 0 Å². The largest absolute Gasteiger partial charge is 0.225 e. The predicted molar refractivity (Wildman–Crippen MR) is 46.5 cm³/mol. The Kier molecular flexibility index (Phi) is 1.61. The van der Waals surface area contributed by atoms with Crippen molar-refractivity contribution in [3.8, 4) is 0 Å². The number of rotatable bonds is 1. The van der Waals surface area contributed by atoms with E-state index in [1.165, 1.54) is 0 Å². The van der Waals surface area contributed by atoms with Crippen molar-refractivity contribution >= 4 is 0 Å². The molecule has 68 valence electrons. The Balaban J connectivity index is 2.28. The predicted octanol–water partition coefficient (Wildman–Crippen LogP) is 2.45. The maximum atomic E-state index is 5.44. The molecule has 2 heterocycles. The SMILES string of the molecule is CC(C)[C@]12C=C[C@@](C)(CC1)OO2. The quantitative estimate of drug-likeness (QED) is 0.442. The topological polar surface area (TPSA) is 18.5 Å². The van der Waals surface area contributed by atoms with Crippen LogP contribution in [0.4, 0.5) is 0 Å². The van der Waals surface area contributed by atoms with Gasteiger partial charge in [0.1, 0.15) is 11.2 Å². The molecule has 0 N–H and O–H groups in total. The molecule has 0 radical (unpaired) electrons. The first-order valence-electron chi connectivity index (χ1n) is 4.64. The molecule has 2 aliphatic heterocycles. The first-order chi connectivity index (χ1) is 5.56. The van der Waals surface area contributed by atoms with E-state index >= 15 is 0 Å². The highest BCUT2D eigenvalue weighted by Crippen LogP contribution is 2.44. The van der Waals surface area contributed by atoms with E-state index in [4.69, 9.17) is 9.78 Å². The van der Waals surface area contributed by atoms with Crippen LogP contribution in [0.1, 0.15) is 33.6 Å². The van der Waals surface area contributed by atoms with Crippen LogP contribution >= 0.6 is 0 Å². The normalized spacial score (nSPS) is 45.7. The van der Waals surface area contributed by atoms with Gasteiger partial charge in [-0.3, -0.25) is 0 Å². The van der Waals surface area contributed by atoms with Crippen molar-refractivity contribution in [3.05, 3.63) is 12.2 Å². The van der Waals surface area contributed by atoms with Crippen LogP contribution in [0.25, 0.3) is 0 Å². The Hall–Kier alpha value is -0.340. The number of hydrogen-bond donors (Lipinski definition) is 0. The zero-order chi connectivity index (χ0) is 8.82. The summed E-state index contributed by atoms with van der Waals surface area (Å²) in [6, 6.07) is 0. The number of fused-ring (bicyclic) bond motifs is 2. The third kappa shape index (κ3) is 1.02. The van der Waals surface area contributed by atoms with E-state index in [9.17, 15) is 0 Å². The van der Waals surface area contributed by atoms with Gasteiger partial charge >= 0.3 is 0 Å². The van der Waals surface area contributed by atoms with Crippen LogP contribution in [-0.2, 0) is 9.78 Å². The molecule has 0 unspecified atom stereocenters. The lowest BCUT2D eigenvalue weighted by molar-refractivity contribution is -0.431. The average molecular weight is 168 g/mol. The zero-order valence-corrected chi connectivity index (χ0v) is 7.96. The lowest BCUT2D eigenvalue weighted by atomic mass is 9.76. The fourth-order valence-corrected chi connectivity index (χ4v) is 1.82. The maximum absolute atomic E-state index is 5.44. The average Bonchev–Trinajstić information content (AvgIpc) is 2.06. The molecule has 1 fully saturated rings. The Labute approximate surface area is 73.5 Å². The second-order valence-electron chi connectivity index (χ2n) is 4.42. The number of hydrogen-bond acceptors (Lipinski definition) is 2. The highest BCUT2D eigenvalue weighted by molar-refractivity contribution is 5.17. The fraction of sp³-hybridized carbons (Fsp3) is 0.800. The summed E-state index contributed by atoms with van der Waals surface area (Å²) in [5.41, 5.74) is -0.297. The molecule has 3 rings (SSSR count). The highest BCUT2D eigenvalue weighted by Gasteiger charge is 2.47. The van der Waals surface area contributed by atoms with Gasteiger partial charge in [-0.2, -0.15) is 0 Å². The van der Waals surface area contributed by atoms with Crippen LogP contribution in [0.2, 0.25) is 0 Å². The molecule has 0 aromatic carbocycles. The molecule has 2 heteroatoms. The van der Waals surface area contributed by atoms with Crippen molar-refractivity contribution in [1.82, 2.24) is 0 Å². The van der Waals surface area contributed by atoms with Crippen molar-refractivity contribution in [2.45, 2.75) is 44.8 Å². The van der Waals surface area contributed by atoms with E-state index in [1.54, 1.807) is 0 Å². The van der Waals surface area contributed by atoms with E-state index < -0.39 is 0 Å². The molecular formula is C10H16O2. The molecule has 3 aliphatic rings. The Morgan fingerprint density at radius 2 is 1.92 bits per heavy atom. The van der Waals surface area contributed by atoms with E-state index in [-0.39, 0.29) is 11.2 Å². The minimum absolute atomic E-state index is 0.141. The van der Waals surface area contributed by atoms with Gasteiger partial charge in [0, 0.05) is 0 Å². The fourth-order valence-electron chi connectivity index (χ4n) is 1.82. The second kappa shape index (κ2) is 2.33. The maximum Gasteiger partial charge on any atom is 0.124 e. The zero-order valence-electron chi connectivity index (χ0n) is 7.96. The standard InChI is InChI=1S/C10H16O2/c1-8(2)10-6-4-9(3,5-7-10)11-12-10/h4,6,8H,5,7H2,1-3H3/t9-,10-/m0/s1. The van der Waals surface area contributed by atoms with Gasteiger partial charge in [0.05, 0.1) is 0 Å². The minimum Gasteiger partial charge on any atom is -0.225 e. The summed E-state index contributed by atoms with van der Waals surface area (Å²) < 4.78 is 0. The molecule has 0 aromatic rings. The summed E-state index contributed by atoms with van der Waals surface area (Å²) in [5, 5.41) is 0. The summed E-state index contributed by atoms with van der Waals surface area (Å²) in [6.45, 7) is 6.40. The van der Waals surface area contributed by atoms with Gasteiger partial charge in [-0.15, -0.1) is 0 Å². The molecule has 2 atom stereocenters. The van der Waals surface area contributed by atoms with Gasteiger partial charge in [-0.05, 0) is 25.7 Å². The summed E-state index contributed by atoms with van der Waals surface area (Å²) in [4.78, 5) is 10.8. The highest BCUT2D eigenvalue weighted by atomic mass is 17.2. The van der Waals surface area contributed by atoms with Crippen molar-refractivity contribution < 1.29 is 9.78 Å².